The lowest BCUT2D eigenvalue weighted by atomic mass is 10.0. The molecule has 10 nitrogen and oxygen atoms in total. The molecule has 0 radical (unpaired) electrons. The molecule has 3 aromatic rings. The maximum Gasteiger partial charge on any atom is 0.260 e. The van der Waals surface area contributed by atoms with Gasteiger partial charge in [-0.2, -0.15) is 0 Å². The third kappa shape index (κ3) is 6.89. The smallest absolute Gasteiger partial charge is 0.260 e. The average Bonchev–Trinajstić information content (AvgIpc) is 2.99. The van der Waals surface area contributed by atoms with Gasteiger partial charge >= 0.3 is 0 Å². The molecule has 3 aliphatic rings. The topological polar surface area (TPSA) is 115 Å². The summed E-state index contributed by atoms with van der Waals surface area (Å²) in [5, 5.41) is 5.90. The number of carbonyl (C=O) groups excluding carboxylic acids is 3. The number of carbonyl (C=O) groups is 3. The first-order valence-electron chi connectivity index (χ1n) is 13.5. The monoisotopic (exact) mass is 559 g/mol. The number of nitrogens with zero attached hydrogens (tertiary/aromatic N) is 1. The summed E-state index contributed by atoms with van der Waals surface area (Å²) in [7, 11) is 1.54. The number of amides is 3. The second kappa shape index (κ2) is 12.6. The van der Waals surface area contributed by atoms with Crippen molar-refractivity contribution in [1.82, 2.24) is 15.5 Å². The van der Waals surface area contributed by atoms with Crippen molar-refractivity contribution in [3.05, 3.63) is 83.4 Å². The van der Waals surface area contributed by atoms with E-state index in [1.165, 1.54) is 0 Å². The van der Waals surface area contributed by atoms with E-state index in [1.54, 1.807) is 42.3 Å². The second-order valence-electron chi connectivity index (χ2n) is 9.99. The number of piperidine rings is 1. The number of fused-ring (bicyclic) bond motifs is 7. The van der Waals surface area contributed by atoms with Crippen LogP contribution in [0.3, 0.4) is 0 Å². The zero-order valence-electron chi connectivity index (χ0n) is 23.1. The van der Waals surface area contributed by atoms with E-state index in [4.69, 9.17) is 18.9 Å². The molecule has 3 aromatic carbocycles. The Hall–Kier alpha value is -4.73. The molecule has 3 heterocycles. The van der Waals surface area contributed by atoms with E-state index >= 15 is 0 Å². The Labute approximate surface area is 238 Å². The number of likely N-dealkylation sites (tertiary alicyclic amines) is 1. The van der Waals surface area contributed by atoms with Crippen LogP contribution in [0.2, 0.25) is 0 Å². The van der Waals surface area contributed by atoms with Gasteiger partial charge in [0.1, 0.15) is 17.6 Å². The van der Waals surface area contributed by atoms with E-state index in [1.807, 2.05) is 43.3 Å². The average molecular weight is 560 g/mol. The third-order valence-electron chi connectivity index (χ3n) is 7.15. The second-order valence-corrected chi connectivity index (χ2v) is 9.99. The zero-order chi connectivity index (χ0) is 28.8. The molecular weight excluding hydrogens is 526 g/mol. The number of para-hydroxylation sites is 2. The summed E-state index contributed by atoms with van der Waals surface area (Å²) in [5.74, 6) is 1.29. The first kappa shape index (κ1) is 27.8. The number of aryl methyl sites for hydroxylation is 1. The fraction of sp³-hybridized carbons (Fsp3) is 0.323. The van der Waals surface area contributed by atoms with Gasteiger partial charge in [0.05, 0.1) is 13.2 Å². The standard InChI is InChI=1S/C31H33N3O7/c1-20-7-10-22-15-28(20)39-18-29(35)32-16-21-8-11-23(12-9-21)41-25-13-14-34(17-24(25)33-31(22)37)30(36)19-40-27-6-4-3-5-26(27)38-2/h3-12,15,24-25H,13-14,16-19H2,1-2H3,(H,32,35)(H,33,37)/t24-,25-/m0/s1. The number of ether oxygens (including phenoxy) is 4. The minimum Gasteiger partial charge on any atom is -0.493 e. The molecule has 0 unspecified atom stereocenters. The van der Waals surface area contributed by atoms with E-state index in [0.717, 1.165) is 11.1 Å². The van der Waals surface area contributed by atoms with Crippen molar-refractivity contribution >= 4 is 17.7 Å². The number of hydrogen-bond donors (Lipinski definition) is 2. The minimum absolute atomic E-state index is 0.167. The van der Waals surface area contributed by atoms with E-state index in [0.29, 0.717) is 48.1 Å². The number of methoxy groups -OCH3 is 1. The quantitative estimate of drug-likeness (QED) is 0.505. The summed E-state index contributed by atoms with van der Waals surface area (Å²) in [4.78, 5) is 40.6. The fourth-order valence-electron chi connectivity index (χ4n) is 4.81. The van der Waals surface area contributed by atoms with Crippen LogP contribution in [0.25, 0.3) is 0 Å². The molecule has 0 aliphatic carbocycles. The fourth-order valence-corrected chi connectivity index (χ4v) is 4.81. The van der Waals surface area contributed by atoms with Gasteiger partial charge in [0, 0.05) is 31.6 Å². The summed E-state index contributed by atoms with van der Waals surface area (Å²) in [6, 6.07) is 19.2. The van der Waals surface area contributed by atoms with Crippen LogP contribution in [0, 0.1) is 6.92 Å². The Morgan fingerprint density at radius 2 is 1.83 bits per heavy atom. The molecule has 3 aliphatic heterocycles. The molecule has 214 valence electrons. The van der Waals surface area contributed by atoms with Crippen LogP contribution in [0.15, 0.2) is 66.7 Å². The van der Waals surface area contributed by atoms with Gasteiger partial charge in [-0.15, -0.1) is 0 Å². The van der Waals surface area contributed by atoms with Crippen LogP contribution in [0.1, 0.15) is 27.9 Å². The lowest BCUT2D eigenvalue weighted by Gasteiger charge is -2.38. The first-order chi connectivity index (χ1) is 19.9. The van der Waals surface area contributed by atoms with Gasteiger partial charge in [0.15, 0.2) is 24.7 Å². The largest absolute Gasteiger partial charge is 0.493 e. The number of hydrogen-bond acceptors (Lipinski definition) is 7. The normalized spacial score (nSPS) is 19.0. The summed E-state index contributed by atoms with van der Waals surface area (Å²) in [5.41, 5.74) is 2.09. The van der Waals surface area contributed by atoms with Gasteiger partial charge in [-0.3, -0.25) is 14.4 Å². The summed E-state index contributed by atoms with van der Waals surface area (Å²) in [6.45, 7) is 2.54. The third-order valence-corrected chi connectivity index (χ3v) is 7.15. The molecule has 0 spiro atoms. The molecule has 2 N–H and O–H groups in total. The Bertz CT molecular complexity index is 1410. The van der Waals surface area contributed by atoms with Crippen molar-refractivity contribution in [1.29, 1.82) is 0 Å². The number of rotatable bonds is 4. The maximum atomic E-state index is 13.4. The van der Waals surface area contributed by atoms with Gasteiger partial charge in [-0.25, -0.2) is 0 Å². The van der Waals surface area contributed by atoms with Crippen molar-refractivity contribution in [2.24, 2.45) is 0 Å². The predicted octanol–water partition coefficient (Wildman–Crippen LogP) is 2.87. The number of nitrogens with one attached hydrogen (secondary N) is 2. The van der Waals surface area contributed by atoms with Crippen molar-refractivity contribution in [3.8, 4) is 23.0 Å². The van der Waals surface area contributed by atoms with E-state index < -0.39 is 6.04 Å². The molecule has 4 bridgehead atoms. The van der Waals surface area contributed by atoms with E-state index in [9.17, 15) is 14.4 Å². The Morgan fingerprint density at radius 3 is 2.61 bits per heavy atom. The van der Waals surface area contributed by atoms with Gasteiger partial charge < -0.3 is 34.5 Å². The zero-order valence-corrected chi connectivity index (χ0v) is 23.1. The van der Waals surface area contributed by atoms with Gasteiger partial charge in [0.2, 0.25) is 0 Å². The first-order valence-corrected chi connectivity index (χ1v) is 13.5. The molecule has 0 saturated carbocycles. The van der Waals surface area contributed by atoms with Crippen LogP contribution in [-0.2, 0) is 16.1 Å². The Morgan fingerprint density at radius 1 is 1.05 bits per heavy atom. The minimum atomic E-state index is -0.490. The van der Waals surface area contributed by atoms with Crippen molar-refractivity contribution in [3.63, 3.8) is 0 Å². The van der Waals surface area contributed by atoms with Gasteiger partial charge in [-0.1, -0.05) is 30.3 Å². The highest BCUT2D eigenvalue weighted by molar-refractivity contribution is 5.95. The van der Waals surface area contributed by atoms with Crippen LogP contribution < -0.4 is 29.6 Å². The van der Waals surface area contributed by atoms with Gasteiger partial charge in [-0.05, 0) is 54.4 Å². The molecule has 3 amide bonds. The van der Waals surface area contributed by atoms with Crippen molar-refractivity contribution in [2.75, 3.05) is 33.4 Å². The Kier molecular flexibility index (Phi) is 8.57. The van der Waals surface area contributed by atoms with E-state index in [-0.39, 0.29) is 43.6 Å². The molecule has 10 heteroatoms. The van der Waals surface area contributed by atoms with Gasteiger partial charge in [0.25, 0.3) is 17.7 Å². The highest BCUT2D eigenvalue weighted by atomic mass is 16.5. The molecule has 0 aromatic heterocycles. The molecule has 41 heavy (non-hydrogen) atoms. The van der Waals surface area contributed by atoms with Crippen molar-refractivity contribution in [2.45, 2.75) is 32.0 Å². The SMILES string of the molecule is COc1ccccc1OCC(=O)N1CC[C@@H]2Oc3ccc(cc3)CNC(=O)COc3cc(ccc3C)C(=O)N[C@H]2C1. The predicted molar refractivity (Wildman–Crippen MR) is 150 cm³/mol. The van der Waals surface area contributed by atoms with Crippen LogP contribution in [0.4, 0.5) is 0 Å². The van der Waals surface area contributed by atoms with E-state index in [2.05, 4.69) is 10.6 Å². The number of benzene rings is 3. The highest BCUT2D eigenvalue weighted by Crippen LogP contribution is 2.26. The Balaban J connectivity index is 1.35. The van der Waals surface area contributed by atoms with Crippen LogP contribution in [0.5, 0.6) is 23.0 Å². The highest BCUT2D eigenvalue weighted by Gasteiger charge is 2.34. The van der Waals surface area contributed by atoms with Crippen molar-refractivity contribution < 1.29 is 33.3 Å². The molecular formula is C31H33N3O7. The lowest BCUT2D eigenvalue weighted by Crippen LogP contribution is -2.58. The lowest BCUT2D eigenvalue weighted by molar-refractivity contribution is -0.136. The summed E-state index contributed by atoms with van der Waals surface area (Å²) < 4.78 is 23.1. The molecule has 6 rings (SSSR count). The summed E-state index contributed by atoms with van der Waals surface area (Å²) in [6.07, 6.45) is 0.131. The van der Waals surface area contributed by atoms with Crippen LogP contribution in [-0.4, -0.2) is 68.2 Å². The summed E-state index contributed by atoms with van der Waals surface area (Å²) >= 11 is 0. The van der Waals surface area contributed by atoms with Crippen LogP contribution >= 0.6 is 0 Å². The molecule has 1 fully saturated rings. The maximum absolute atomic E-state index is 13.4. The molecule has 1 saturated heterocycles. The molecule has 2 atom stereocenters.